The molecular formula is C16H28O2. The van der Waals surface area contributed by atoms with E-state index >= 15 is 0 Å². The molecule has 0 aromatic rings. The zero-order valence-corrected chi connectivity index (χ0v) is 12.2. The first kappa shape index (κ1) is 15.5. The van der Waals surface area contributed by atoms with Crippen molar-refractivity contribution in [2.75, 3.05) is 13.2 Å². The standard InChI is InChI=1S/C16H28O2/c1-5-7-8-9-10-12-16(11-6-2)13-17-15(3,4)18-14-16/h6,9-10H,2,5,7-8,11-14H2,1,3-4H3. The van der Waals surface area contributed by atoms with Crippen LogP contribution in [-0.2, 0) is 9.47 Å². The lowest BCUT2D eigenvalue weighted by molar-refractivity contribution is -0.284. The van der Waals surface area contributed by atoms with Gasteiger partial charge < -0.3 is 9.47 Å². The topological polar surface area (TPSA) is 18.5 Å². The van der Waals surface area contributed by atoms with Crippen LogP contribution in [0.1, 0.15) is 52.9 Å². The Morgan fingerprint density at radius 2 is 1.78 bits per heavy atom. The maximum atomic E-state index is 5.81. The minimum absolute atomic E-state index is 0.0833. The van der Waals surface area contributed by atoms with Crippen LogP contribution in [0.4, 0.5) is 0 Å². The van der Waals surface area contributed by atoms with Crippen LogP contribution in [-0.4, -0.2) is 19.0 Å². The summed E-state index contributed by atoms with van der Waals surface area (Å²) < 4.78 is 11.6. The molecular weight excluding hydrogens is 224 g/mol. The molecule has 104 valence electrons. The molecule has 1 aliphatic heterocycles. The lowest BCUT2D eigenvalue weighted by Gasteiger charge is -2.42. The SMILES string of the molecule is C=CCC1(CC=CCCCC)COC(C)(C)OC1. The van der Waals surface area contributed by atoms with E-state index in [1.54, 1.807) is 0 Å². The van der Waals surface area contributed by atoms with Crippen molar-refractivity contribution in [2.24, 2.45) is 5.41 Å². The Morgan fingerprint density at radius 3 is 2.33 bits per heavy atom. The van der Waals surface area contributed by atoms with Crippen LogP contribution in [0.25, 0.3) is 0 Å². The summed E-state index contributed by atoms with van der Waals surface area (Å²) in [6, 6.07) is 0. The normalized spacial score (nSPS) is 22.2. The van der Waals surface area contributed by atoms with Crippen molar-refractivity contribution in [3.63, 3.8) is 0 Å². The Balaban J connectivity index is 2.49. The summed E-state index contributed by atoms with van der Waals surface area (Å²) in [6.07, 6.45) is 12.2. The summed E-state index contributed by atoms with van der Waals surface area (Å²) in [7, 11) is 0. The van der Waals surface area contributed by atoms with Gasteiger partial charge >= 0.3 is 0 Å². The molecule has 2 heteroatoms. The molecule has 1 saturated heterocycles. The van der Waals surface area contributed by atoms with Crippen molar-refractivity contribution in [3.8, 4) is 0 Å². The summed E-state index contributed by atoms with van der Waals surface area (Å²) in [6.45, 7) is 11.5. The highest BCUT2D eigenvalue weighted by Crippen LogP contribution is 2.36. The Bertz CT molecular complexity index is 269. The quantitative estimate of drug-likeness (QED) is 0.491. The van der Waals surface area contributed by atoms with Crippen LogP contribution in [0.3, 0.4) is 0 Å². The van der Waals surface area contributed by atoms with Gasteiger partial charge in [0.15, 0.2) is 5.79 Å². The summed E-state index contributed by atoms with van der Waals surface area (Å²) in [5.74, 6) is -0.434. The molecule has 1 aliphatic rings. The van der Waals surface area contributed by atoms with Crippen LogP contribution < -0.4 is 0 Å². The molecule has 0 saturated carbocycles. The molecule has 0 spiro atoms. The van der Waals surface area contributed by atoms with Crippen molar-refractivity contribution in [2.45, 2.75) is 58.7 Å². The third-order valence-corrected chi connectivity index (χ3v) is 3.47. The van der Waals surface area contributed by atoms with Gasteiger partial charge in [-0.15, -0.1) is 6.58 Å². The Kier molecular flexibility index (Phi) is 6.10. The summed E-state index contributed by atoms with van der Waals surface area (Å²) in [5.41, 5.74) is 0.0833. The molecule has 0 radical (unpaired) electrons. The molecule has 18 heavy (non-hydrogen) atoms. The average molecular weight is 252 g/mol. The van der Waals surface area contributed by atoms with Crippen LogP contribution in [0.2, 0.25) is 0 Å². The van der Waals surface area contributed by atoms with Crippen molar-refractivity contribution in [3.05, 3.63) is 24.8 Å². The highest BCUT2D eigenvalue weighted by atomic mass is 16.7. The molecule has 0 atom stereocenters. The molecule has 0 aromatic heterocycles. The second-order valence-electron chi connectivity index (χ2n) is 5.79. The fourth-order valence-corrected chi connectivity index (χ4v) is 2.14. The van der Waals surface area contributed by atoms with Gasteiger partial charge in [0, 0.05) is 5.41 Å². The number of unbranched alkanes of at least 4 members (excludes halogenated alkanes) is 2. The number of rotatable bonds is 7. The molecule has 0 amide bonds. The number of hydrogen-bond donors (Lipinski definition) is 0. The molecule has 0 aromatic carbocycles. The van der Waals surface area contributed by atoms with E-state index < -0.39 is 5.79 Å². The van der Waals surface area contributed by atoms with E-state index in [4.69, 9.17) is 9.47 Å². The van der Waals surface area contributed by atoms with Crippen LogP contribution in [0.15, 0.2) is 24.8 Å². The largest absolute Gasteiger partial charge is 0.350 e. The van der Waals surface area contributed by atoms with Crippen LogP contribution >= 0.6 is 0 Å². The lowest BCUT2D eigenvalue weighted by atomic mass is 9.81. The van der Waals surface area contributed by atoms with Crippen molar-refractivity contribution >= 4 is 0 Å². The van der Waals surface area contributed by atoms with Crippen molar-refractivity contribution in [1.29, 1.82) is 0 Å². The van der Waals surface area contributed by atoms with Crippen LogP contribution in [0.5, 0.6) is 0 Å². The highest BCUT2D eigenvalue weighted by molar-refractivity contribution is 4.96. The van der Waals surface area contributed by atoms with E-state index in [1.165, 1.54) is 19.3 Å². The van der Waals surface area contributed by atoms with Crippen molar-refractivity contribution in [1.82, 2.24) is 0 Å². The maximum absolute atomic E-state index is 5.81. The average Bonchev–Trinajstić information content (AvgIpc) is 2.33. The minimum atomic E-state index is -0.434. The first-order chi connectivity index (χ1) is 8.54. The molecule has 0 aliphatic carbocycles. The van der Waals surface area contributed by atoms with Gasteiger partial charge in [0.1, 0.15) is 0 Å². The van der Waals surface area contributed by atoms with Gasteiger partial charge in [0.25, 0.3) is 0 Å². The zero-order chi connectivity index (χ0) is 13.5. The van der Waals surface area contributed by atoms with E-state index in [1.807, 2.05) is 19.9 Å². The highest BCUT2D eigenvalue weighted by Gasteiger charge is 2.38. The molecule has 1 rings (SSSR count). The van der Waals surface area contributed by atoms with E-state index in [-0.39, 0.29) is 5.41 Å². The first-order valence-corrected chi connectivity index (χ1v) is 7.07. The van der Waals surface area contributed by atoms with Gasteiger partial charge in [-0.3, -0.25) is 0 Å². The van der Waals surface area contributed by atoms with Gasteiger partial charge in [-0.1, -0.05) is 38.0 Å². The van der Waals surface area contributed by atoms with Gasteiger partial charge in [0.2, 0.25) is 0 Å². The second kappa shape index (κ2) is 7.10. The Morgan fingerprint density at radius 1 is 1.11 bits per heavy atom. The first-order valence-electron chi connectivity index (χ1n) is 7.07. The van der Waals surface area contributed by atoms with E-state index in [0.29, 0.717) is 0 Å². The predicted molar refractivity (Wildman–Crippen MR) is 76.5 cm³/mol. The maximum Gasteiger partial charge on any atom is 0.162 e. The number of ether oxygens (including phenoxy) is 2. The van der Waals surface area contributed by atoms with E-state index in [9.17, 15) is 0 Å². The molecule has 0 unspecified atom stereocenters. The van der Waals surface area contributed by atoms with Crippen LogP contribution in [0, 0.1) is 5.41 Å². The number of hydrogen-bond acceptors (Lipinski definition) is 2. The predicted octanol–water partition coefficient (Wildman–Crippen LogP) is 4.47. The third-order valence-electron chi connectivity index (χ3n) is 3.47. The molecule has 1 fully saturated rings. The van der Waals surface area contributed by atoms with Gasteiger partial charge in [-0.25, -0.2) is 0 Å². The smallest absolute Gasteiger partial charge is 0.162 e. The zero-order valence-electron chi connectivity index (χ0n) is 12.2. The summed E-state index contributed by atoms with van der Waals surface area (Å²) >= 11 is 0. The van der Waals surface area contributed by atoms with Gasteiger partial charge in [-0.2, -0.15) is 0 Å². The van der Waals surface area contributed by atoms with Gasteiger partial charge in [-0.05, 0) is 33.1 Å². The molecule has 0 bridgehead atoms. The minimum Gasteiger partial charge on any atom is -0.350 e. The monoisotopic (exact) mass is 252 g/mol. The molecule has 0 N–H and O–H groups in total. The fraction of sp³-hybridized carbons (Fsp3) is 0.750. The van der Waals surface area contributed by atoms with Crippen molar-refractivity contribution < 1.29 is 9.47 Å². The fourth-order valence-electron chi connectivity index (χ4n) is 2.14. The summed E-state index contributed by atoms with van der Waals surface area (Å²) in [5, 5.41) is 0. The lowest BCUT2D eigenvalue weighted by Crippen LogP contribution is -2.46. The van der Waals surface area contributed by atoms with E-state index in [0.717, 1.165) is 26.1 Å². The Hall–Kier alpha value is -0.600. The van der Waals surface area contributed by atoms with E-state index in [2.05, 4.69) is 25.7 Å². The third kappa shape index (κ3) is 4.95. The molecule has 1 heterocycles. The van der Waals surface area contributed by atoms with Gasteiger partial charge in [0.05, 0.1) is 13.2 Å². The molecule has 2 nitrogen and oxygen atoms in total. The second-order valence-corrected chi connectivity index (χ2v) is 5.79. The summed E-state index contributed by atoms with van der Waals surface area (Å²) in [4.78, 5) is 0. The Labute approximate surface area is 112 Å². The number of allylic oxidation sites excluding steroid dienone is 3.